The number of hydrogen-bond donors (Lipinski definition) is 2. The van der Waals surface area contributed by atoms with E-state index < -0.39 is 16.1 Å². The molecule has 1 heterocycles. The van der Waals surface area contributed by atoms with E-state index in [1.807, 2.05) is 11.6 Å². The van der Waals surface area contributed by atoms with Crippen LogP contribution in [0.3, 0.4) is 0 Å². The van der Waals surface area contributed by atoms with Gasteiger partial charge in [0.05, 0.1) is 11.4 Å². The van der Waals surface area contributed by atoms with Crippen LogP contribution in [0.2, 0.25) is 0 Å². The fraction of sp³-hybridized carbons (Fsp3) is 0.429. The van der Waals surface area contributed by atoms with Crippen LogP contribution in [0.1, 0.15) is 18.4 Å². The molecule has 1 fully saturated rings. The number of hydrogen-bond acceptors (Lipinski definition) is 4. The zero-order chi connectivity index (χ0) is 16.2. The first-order chi connectivity index (χ1) is 10.4. The first kappa shape index (κ1) is 16.3. The van der Waals surface area contributed by atoms with E-state index in [1.165, 1.54) is 12.1 Å². The monoisotopic (exact) mass is 325 g/mol. The van der Waals surface area contributed by atoms with E-state index in [4.69, 9.17) is 0 Å². The van der Waals surface area contributed by atoms with Crippen LogP contribution in [-0.2, 0) is 14.8 Å². The predicted octanol–water partition coefficient (Wildman–Crippen LogP) is 0.605. The third-order valence-electron chi connectivity index (χ3n) is 3.42. The fourth-order valence-electron chi connectivity index (χ4n) is 2.17. The van der Waals surface area contributed by atoms with Crippen LogP contribution in [0.25, 0.3) is 0 Å². The first-order valence-corrected chi connectivity index (χ1v) is 8.52. The number of aryl methyl sites for hydroxylation is 1. The van der Waals surface area contributed by atoms with Crippen molar-refractivity contribution in [2.45, 2.75) is 24.7 Å². The van der Waals surface area contributed by atoms with Crippen LogP contribution < -0.4 is 10.0 Å². The Hall–Kier alpha value is -2.09. The normalized spacial score (nSPS) is 14.7. The molecule has 2 rings (SSSR count). The molecule has 22 heavy (non-hydrogen) atoms. The molecule has 0 aliphatic carbocycles. The molecule has 8 heteroatoms. The number of nitrogens with zero attached hydrogens (tertiary/aromatic N) is 1. The van der Waals surface area contributed by atoms with Crippen LogP contribution >= 0.6 is 0 Å². The maximum absolute atomic E-state index is 12.0. The molecule has 1 aromatic rings. The summed E-state index contributed by atoms with van der Waals surface area (Å²) in [6.07, 6.45) is 1.92. The summed E-state index contributed by atoms with van der Waals surface area (Å²) in [5, 5.41) is 2.28. The van der Waals surface area contributed by atoms with Gasteiger partial charge in [0.15, 0.2) is 0 Å². The zero-order valence-electron chi connectivity index (χ0n) is 12.3. The second-order valence-electron chi connectivity index (χ2n) is 5.19. The van der Waals surface area contributed by atoms with E-state index >= 15 is 0 Å². The molecule has 0 bridgehead atoms. The van der Waals surface area contributed by atoms with E-state index in [9.17, 15) is 18.0 Å². The Kier molecular flexibility index (Phi) is 5.02. The van der Waals surface area contributed by atoms with Gasteiger partial charge in [-0.3, -0.25) is 4.79 Å². The van der Waals surface area contributed by atoms with Crippen molar-refractivity contribution in [1.82, 2.24) is 14.9 Å². The van der Waals surface area contributed by atoms with Crippen molar-refractivity contribution in [2.24, 2.45) is 0 Å². The summed E-state index contributed by atoms with van der Waals surface area (Å²) >= 11 is 0. The van der Waals surface area contributed by atoms with Crippen molar-refractivity contribution in [3.63, 3.8) is 0 Å². The van der Waals surface area contributed by atoms with Gasteiger partial charge in [-0.25, -0.2) is 17.9 Å². The van der Waals surface area contributed by atoms with E-state index in [0.29, 0.717) is 13.1 Å². The SMILES string of the molecule is Cc1ccc(S(=O)(=O)NC(=O)NCC(=O)N2CCCC2)cc1. The second kappa shape index (κ2) is 6.78. The van der Waals surface area contributed by atoms with Gasteiger partial charge in [-0.05, 0) is 31.9 Å². The van der Waals surface area contributed by atoms with Crippen molar-refractivity contribution in [1.29, 1.82) is 0 Å². The van der Waals surface area contributed by atoms with Gasteiger partial charge in [-0.15, -0.1) is 0 Å². The summed E-state index contributed by atoms with van der Waals surface area (Å²) in [7, 11) is -3.93. The molecule has 120 valence electrons. The highest BCUT2D eigenvalue weighted by Crippen LogP contribution is 2.09. The van der Waals surface area contributed by atoms with Crippen molar-refractivity contribution in [2.75, 3.05) is 19.6 Å². The number of carbonyl (C=O) groups is 2. The maximum Gasteiger partial charge on any atom is 0.329 e. The van der Waals surface area contributed by atoms with Gasteiger partial charge in [-0.2, -0.15) is 0 Å². The van der Waals surface area contributed by atoms with E-state index in [-0.39, 0.29) is 17.3 Å². The molecule has 0 aromatic heterocycles. The molecule has 3 amide bonds. The molecule has 1 aliphatic heterocycles. The Bertz CT molecular complexity index is 649. The largest absolute Gasteiger partial charge is 0.341 e. The van der Waals surface area contributed by atoms with Crippen LogP contribution in [-0.4, -0.2) is 44.9 Å². The Morgan fingerprint density at radius 1 is 1.14 bits per heavy atom. The lowest BCUT2D eigenvalue weighted by atomic mass is 10.2. The number of urea groups is 1. The minimum atomic E-state index is -3.93. The lowest BCUT2D eigenvalue weighted by Gasteiger charge is -2.15. The number of rotatable bonds is 4. The molecular formula is C14H19N3O4S. The maximum atomic E-state index is 12.0. The van der Waals surface area contributed by atoms with E-state index in [0.717, 1.165) is 18.4 Å². The van der Waals surface area contributed by atoms with Crippen LogP contribution in [0.4, 0.5) is 4.79 Å². The highest BCUT2D eigenvalue weighted by Gasteiger charge is 2.20. The molecule has 1 aromatic carbocycles. The van der Waals surface area contributed by atoms with Crippen LogP contribution in [0.5, 0.6) is 0 Å². The molecule has 7 nitrogen and oxygen atoms in total. The van der Waals surface area contributed by atoms with Gasteiger partial charge >= 0.3 is 6.03 Å². The van der Waals surface area contributed by atoms with Gasteiger partial charge < -0.3 is 10.2 Å². The molecule has 0 unspecified atom stereocenters. The molecule has 0 atom stereocenters. The number of nitrogens with one attached hydrogen (secondary N) is 2. The quantitative estimate of drug-likeness (QED) is 0.847. The Morgan fingerprint density at radius 3 is 2.32 bits per heavy atom. The summed E-state index contributed by atoms with van der Waals surface area (Å²) in [6, 6.07) is 5.21. The molecular weight excluding hydrogens is 306 g/mol. The third kappa shape index (κ3) is 4.20. The minimum absolute atomic E-state index is 0.000815. The molecule has 0 radical (unpaired) electrons. The zero-order valence-corrected chi connectivity index (χ0v) is 13.1. The summed E-state index contributed by atoms with van der Waals surface area (Å²) < 4.78 is 25.9. The van der Waals surface area contributed by atoms with Crippen LogP contribution in [0, 0.1) is 6.92 Å². The fourth-order valence-corrected chi connectivity index (χ4v) is 3.10. The standard InChI is InChI=1S/C14H19N3O4S/c1-11-4-6-12(7-5-11)22(20,21)16-14(19)15-10-13(18)17-8-2-3-9-17/h4-7H,2-3,8-10H2,1H3,(H2,15,16,19). The lowest BCUT2D eigenvalue weighted by molar-refractivity contribution is -0.128. The van der Waals surface area contributed by atoms with E-state index in [2.05, 4.69) is 5.32 Å². The lowest BCUT2D eigenvalue weighted by Crippen LogP contribution is -2.44. The average molecular weight is 325 g/mol. The predicted molar refractivity (Wildman–Crippen MR) is 80.7 cm³/mol. The van der Waals surface area contributed by atoms with Gasteiger partial charge in [0.2, 0.25) is 5.91 Å². The second-order valence-corrected chi connectivity index (χ2v) is 6.87. The molecule has 0 saturated carbocycles. The molecule has 2 N–H and O–H groups in total. The topological polar surface area (TPSA) is 95.6 Å². The minimum Gasteiger partial charge on any atom is -0.341 e. The van der Waals surface area contributed by atoms with Gasteiger partial charge in [-0.1, -0.05) is 17.7 Å². The smallest absolute Gasteiger partial charge is 0.329 e. The number of sulfonamides is 1. The summed E-state index contributed by atoms with van der Waals surface area (Å²) in [6.45, 7) is 2.99. The molecule has 1 saturated heterocycles. The van der Waals surface area contributed by atoms with E-state index in [1.54, 1.807) is 17.0 Å². The highest BCUT2D eigenvalue weighted by atomic mass is 32.2. The summed E-state index contributed by atoms with van der Waals surface area (Å²) in [4.78, 5) is 25.0. The third-order valence-corrected chi connectivity index (χ3v) is 4.76. The average Bonchev–Trinajstić information content (AvgIpc) is 2.99. The van der Waals surface area contributed by atoms with Gasteiger partial charge in [0.25, 0.3) is 10.0 Å². The van der Waals surface area contributed by atoms with Crippen molar-refractivity contribution in [3.05, 3.63) is 29.8 Å². The van der Waals surface area contributed by atoms with Crippen molar-refractivity contribution < 1.29 is 18.0 Å². The Labute approximate surface area is 129 Å². The Balaban J connectivity index is 1.88. The Morgan fingerprint density at radius 2 is 1.73 bits per heavy atom. The number of benzene rings is 1. The van der Waals surface area contributed by atoms with Crippen molar-refractivity contribution >= 4 is 22.0 Å². The highest BCUT2D eigenvalue weighted by molar-refractivity contribution is 7.90. The summed E-state index contributed by atoms with van der Waals surface area (Å²) in [5.74, 6) is -0.208. The molecule has 0 spiro atoms. The number of amides is 3. The van der Waals surface area contributed by atoms with Crippen molar-refractivity contribution in [3.8, 4) is 0 Å². The number of carbonyl (C=O) groups excluding carboxylic acids is 2. The van der Waals surface area contributed by atoms with Crippen LogP contribution in [0.15, 0.2) is 29.2 Å². The van der Waals surface area contributed by atoms with Gasteiger partial charge in [0, 0.05) is 13.1 Å². The molecule has 1 aliphatic rings. The summed E-state index contributed by atoms with van der Waals surface area (Å²) in [5.41, 5.74) is 0.916. The number of likely N-dealkylation sites (tertiary alicyclic amines) is 1. The van der Waals surface area contributed by atoms with Gasteiger partial charge in [0.1, 0.15) is 0 Å². The first-order valence-electron chi connectivity index (χ1n) is 7.03.